The van der Waals surface area contributed by atoms with E-state index in [2.05, 4.69) is 139 Å². The summed E-state index contributed by atoms with van der Waals surface area (Å²) >= 11 is 0. The number of fused-ring (bicyclic) bond motifs is 8. The van der Waals surface area contributed by atoms with E-state index in [1.165, 1.54) is 5.56 Å². The maximum absolute atomic E-state index is 6.99. The Morgan fingerprint density at radius 1 is 0.481 bits per heavy atom. The Morgan fingerprint density at radius 2 is 1.11 bits per heavy atom. The summed E-state index contributed by atoms with van der Waals surface area (Å²) in [6.07, 6.45) is 0.652. The molecule has 8 heteroatoms. The normalized spacial score (nSPS) is 20.7. The summed E-state index contributed by atoms with van der Waals surface area (Å²) in [7, 11) is -1.05. The van der Waals surface area contributed by atoms with Gasteiger partial charge in [-0.05, 0) is 94.2 Å². The van der Waals surface area contributed by atoms with Crippen molar-refractivity contribution in [1.82, 2.24) is 0 Å². The molecule has 10 rings (SSSR count). The number of benzene rings is 6. The number of furan rings is 2. The monoisotopic (exact) mass is 712 g/mol. The largest absolute Gasteiger partial charge is 0.498 e. The van der Waals surface area contributed by atoms with E-state index >= 15 is 0 Å². The van der Waals surface area contributed by atoms with Crippen LogP contribution in [0.2, 0.25) is 0 Å². The van der Waals surface area contributed by atoms with E-state index in [1.54, 1.807) is 0 Å². The van der Waals surface area contributed by atoms with Gasteiger partial charge in [-0.25, -0.2) is 0 Å². The Kier molecular flexibility index (Phi) is 7.23. The number of hydrogen-bond donors (Lipinski definition) is 0. The zero-order valence-corrected chi connectivity index (χ0v) is 31.8. The molecule has 0 saturated carbocycles. The summed E-state index contributed by atoms with van der Waals surface area (Å²) in [6, 6.07) is 40.1. The molecule has 0 aliphatic carbocycles. The fraction of sp³-hybridized carbons (Fsp3) is 0.261. The Bertz CT molecular complexity index is 2780. The summed E-state index contributed by atoms with van der Waals surface area (Å²) < 4.78 is 39.7. The summed E-state index contributed by atoms with van der Waals surface area (Å²) in [5.41, 5.74) is 6.58. The second-order valence-electron chi connectivity index (χ2n) is 16.8. The van der Waals surface area contributed by atoms with Crippen molar-refractivity contribution >= 4 is 79.8 Å². The van der Waals surface area contributed by atoms with Crippen molar-refractivity contribution in [2.75, 3.05) is 0 Å². The first-order chi connectivity index (χ1) is 25.8. The molecule has 2 aliphatic rings. The van der Waals surface area contributed by atoms with E-state index < -0.39 is 36.6 Å². The fourth-order valence-electron chi connectivity index (χ4n) is 8.43. The smallest absolute Gasteiger partial charge is 0.456 e. The van der Waals surface area contributed by atoms with Crippen LogP contribution < -0.4 is 10.9 Å². The van der Waals surface area contributed by atoms with Gasteiger partial charge in [0.1, 0.15) is 22.3 Å². The van der Waals surface area contributed by atoms with Crippen LogP contribution in [0.1, 0.15) is 54.0 Å². The predicted molar refractivity (Wildman–Crippen MR) is 220 cm³/mol. The highest BCUT2D eigenvalue weighted by molar-refractivity contribution is 6.65. The van der Waals surface area contributed by atoms with E-state index in [4.69, 9.17) is 27.5 Å². The van der Waals surface area contributed by atoms with Crippen LogP contribution in [0, 0.1) is 0 Å². The molecule has 4 heterocycles. The first-order valence-electron chi connectivity index (χ1n) is 18.9. The average Bonchev–Trinajstić information content (AvgIpc) is 3.85. The van der Waals surface area contributed by atoms with Gasteiger partial charge in [-0.2, -0.15) is 0 Å². The second kappa shape index (κ2) is 11.6. The topological polar surface area (TPSA) is 63.2 Å². The van der Waals surface area contributed by atoms with Gasteiger partial charge in [0.25, 0.3) is 0 Å². The van der Waals surface area contributed by atoms with Crippen LogP contribution in [-0.2, 0) is 25.0 Å². The third-order valence-electron chi connectivity index (χ3n) is 12.6. The molecule has 6 aromatic carbocycles. The third-order valence-corrected chi connectivity index (χ3v) is 12.6. The highest BCUT2D eigenvalue weighted by Crippen LogP contribution is 2.43. The van der Waals surface area contributed by atoms with E-state index in [-0.39, 0.29) is 0 Å². The minimum atomic E-state index is -0.629. The van der Waals surface area contributed by atoms with Crippen molar-refractivity contribution in [3.8, 4) is 11.1 Å². The van der Waals surface area contributed by atoms with Gasteiger partial charge >= 0.3 is 14.2 Å². The van der Waals surface area contributed by atoms with Crippen LogP contribution in [0.4, 0.5) is 0 Å². The number of hydrogen-bond acceptors (Lipinski definition) is 6. The minimum Gasteiger partial charge on any atom is -0.456 e. The molecule has 2 aliphatic heterocycles. The SMILES string of the molecule is CC1(C)OB(c2cccc3c2oc2c4cccc(CC5(C)OB(c6cccc(-c7cccc8oc9ccccc9c78)c6)OC5(C)C)c4ccc32)OC1(C)C. The molecule has 1 unspecified atom stereocenters. The van der Waals surface area contributed by atoms with Crippen molar-refractivity contribution < 1.29 is 27.5 Å². The Morgan fingerprint density at radius 3 is 1.93 bits per heavy atom. The lowest BCUT2D eigenvalue weighted by molar-refractivity contribution is -0.00854. The molecule has 0 bridgehead atoms. The molecule has 0 amide bonds. The zero-order valence-electron chi connectivity index (χ0n) is 31.8. The molecule has 54 heavy (non-hydrogen) atoms. The fourth-order valence-corrected chi connectivity index (χ4v) is 8.43. The quantitative estimate of drug-likeness (QED) is 0.166. The predicted octanol–water partition coefficient (Wildman–Crippen LogP) is 10.1. The van der Waals surface area contributed by atoms with Crippen LogP contribution in [0.3, 0.4) is 0 Å². The Hall–Kier alpha value is -4.85. The first kappa shape index (κ1) is 33.7. The Labute approximate surface area is 315 Å². The van der Waals surface area contributed by atoms with Gasteiger partial charge in [-0.3, -0.25) is 0 Å². The molecule has 2 aromatic heterocycles. The Balaban J connectivity index is 0.991. The first-order valence-corrected chi connectivity index (χ1v) is 18.9. The molecular weight excluding hydrogens is 670 g/mol. The lowest BCUT2D eigenvalue weighted by Crippen LogP contribution is -2.46. The van der Waals surface area contributed by atoms with Crippen LogP contribution in [-0.4, -0.2) is 36.6 Å². The maximum atomic E-state index is 6.99. The molecule has 0 N–H and O–H groups in total. The van der Waals surface area contributed by atoms with Crippen LogP contribution in [0.5, 0.6) is 0 Å². The summed E-state index contributed by atoms with van der Waals surface area (Å²) in [6.45, 7) is 14.7. The van der Waals surface area contributed by atoms with Crippen LogP contribution >= 0.6 is 0 Å². The highest BCUT2D eigenvalue weighted by atomic mass is 16.7. The van der Waals surface area contributed by atoms with Gasteiger partial charge in [0.15, 0.2) is 0 Å². The third kappa shape index (κ3) is 4.97. The van der Waals surface area contributed by atoms with Crippen molar-refractivity contribution in [1.29, 1.82) is 0 Å². The maximum Gasteiger partial charge on any atom is 0.498 e. The molecule has 268 valence electrons. The van der Waals surface area contributed by atoms with Crippen molar-refractivity contribution in [3.63, 3.8) is 0 Å². The van der Waals surface area contributed by atoms with Crippen molar-refractivity contribution in [2.45, 2.75) is 77.3 Å². The molecular formula is C46H42B2O6. The van der Waals surface area contributed by atoms with Crippen LogP contribution in [0.15, 0.2) is 124 Å². The molecule has 2 fully saturated rings. The summed E-state index contributed by atoms with van der Waals surface area (Å²) in [5, 5.41) is 6.53. The van der Waals surface area contributed by atoms with Gasteiger partial charge in [-0.1, -0.05) is 97.1 Å². The van der Waals surface area contributed by atoms with E-state index in [1.807, 2.05) is 24.3 Å². The molecule has 0 radical (unpaired) electrons. The minimum absolute atomic E-state index is 0.449. The van der Waals surface area contributed by atoms with Gasteiger partial charge < -0.3 is 27.5 Å². The summed E-state index contributed by atoms with van der Waals surface area (Å²) in [5.74, 6) is 0. The zero-order chi connectivity index (χ0) is 37.2. The molecule has 2 saturated heterocycles. The molecule has 0 spiro atoms. The highest BCUT2D eigenvalue weighted by Gasteiger charge is 2.55. The van der Waals surface area contributed by atoms with Crippen molar-refractivity contribution in [2.24, 2.45) is 0 Å². The van der Waals surface area contributed by atoms with E-state index in [0.29, 0.717) is 6.42 Å². The average molecular weight is 712 g/mol. The molecule has 6 nitrogen and oxygen atoms in total. The van der Waals surface area contributed by atoms with E-state index in [0.717, 1.165) is 76.7 Å². The van der Waals surface area contributed by atoms with Gasteiger partial charge in [0.2, 0.25) is 0 Å². The number of para-hydroxylation sites is 2. The van der Waals surface area contributed by atoms with Gasteiger partial charge in [-0.15, -0.1) is 0 Å². The lowest BCUT2D eigenvalue weighted by atomic mass is 9.77. The number of rotatable bonds is 5. The second-order valence-corrected chi connectivity index (χ2v) is 16.8. The van der Waals surface area contributed by atoms with Crippen LogP contribution in [0.25, 0.3) is 65.8 Å². The molecule has 1 atom stereocenters. The van der Waals surface area contributed by atoms with Gasteiger partial charge in [0.05, 0.1) is 22.4 Å². The van der Waals surface area contributed by atoms with E-state index in [9.17, 15) is 0 Å². The lowest BCUT2D eigenvalue weighted by Gasteiger charge is -2.36. The van der Waals surface area contributed by atoms with Gasteiger partial charge in [0, 0.05) is 38.8 Å². The summed E-state index contributed by atoms with van der Waals surface area (Å²) in [4.78, 5) is 0. The standard InChI is InChI=1S/C46H42B2O6/c1-43(2)44(3,4)52-48(51-43)37-21-12-20-34-35-25-24-31-29(15-11-19-33(31)41(35)50-42(34)37)27-46(7)45(5,6)53-47(54-46)30-16-10-14-28(26-30)32-18-13-23-39-40(32)36-17-8-9-22-38(36)49-39/h8-26H,27H2,1-7H3. The molecule has 8 aromatic rings. The van der Waals surface area contributed by atoms with Crippen molar-refractivity contribution in [3.05, 3.63) is 121 Å².